The summed E-state index contributed by atoms with van der Waals surface area (Å²) in [5.41, 5.74) is -0.542. The van der Waals surface area contributed by atoms with Gasteiger partial charge in [-0.1, -0.05) is 12.1 Å². The van der Waals surface area contributed by atoms with Crippen LogP contribution in [0.15, 0.2) is 18.2 Å². The smallest absolute Gasteiger partial charge is 0.319 e. The number of nitrogens with one attached hydrogen (secondary N) is 2. The Morgan fingerprint density at radius 1 is 1.07 bits per heavy atom. The van der Waals surface area contributed by atoms with Crippen LogP contribution in [-0.2, 0) is 14.3 Å². The highest BCUT2D eigenvalue weighted by molar-refractivity contribution is 7.23. The van der Waals surface area contributed by atoms with E-state index in [-0.39, 0.29) is 29.8 Å². The van der Waals surface area contributed by atoms with Crippen LogP contribution in [0.1, 0.15) is 43.0 Å². The number of thiophene rings is 1. The third kappa shape index (κ3) is 4.86. The van der Waals surface area contributed by atoms with E-state index in [1.54, 1.807) is 17.1 Å². The number of rotatable bonds is 5. The van der Waals surface area contributed by atoms with Crippen LogP contribution in [0.2, 0.25) is 0 Å². The van der Waals surface area contributed by atoms with Crippen molar-refractivity contribution < 1.29 is 28.7 Å². The second kappa shape index (κ2) is 11.7. The number of hydrogen-bond donors (Lipinski definition) is 2. The van der Waals surface area contributed by atoms with Gasteiger partial charge >= 0.3 is 6.03 Å². The molecule has 1 aromatic heterocycles. The summed E-state index contributed by atoms with van der Waals surface area (Å²) in [5.74, 6) is 0.336. The van der Waals surface area contributed by atoms with Crippen molar-refractivity contribution in [1.29, 1.82) is 0 Å². The molecule has 13 heteroatoms. The number of benzene rings is 1. The molecule has 5 amide bonds. The maximum absolute atomic E-state index is 14.0. The molecule has 4 fully saturated rings. The maximum atomic E-state index is 14.0. The van der Waals surface area contributed by atoms with E-state index in [1.165, 1.54) is 11.3 Å². The van der Waals surface area contributed by atoms with Gasteiger partial charge in [0, 0.05) is 37.6 Å². The van der Waals surface area contributed by atoms with Gasteiger partial charge in [-0.2, -0.15) is 0 Å². The number of ether oxygens (including phenoxy) is 2. The first-order valence-corrected chi connectivity index (χ1v) is 15.6. The van der Waals surface area contributed by atoms with Gasteiger partial charge in [-0.15, -0.1) is 11.3 Å². The molecule has 4 aliphatic heterocycles. The van der Waals surface area contributed by atoms with E-state index in [0.717, 1.165) is 35.9 Å². The molecule has 2 aromatic rings. The highest BCUT2D eigenvalue weighted by Gasteiger charge is 2.60. The highest BCUT2D eigenvalue weighted by Crippen LogP contribution is 2.43. The number of carbonyl (C=O) groups excluding carboxylic acids is 4. The molecule has 4 aliphatic rings. The highest BCUT2D eigenvalue weighted by atomic mass is 32.1. The third-order valence-electron chi connectivity index (χ3n) is 8.94. The Bertz CT molecular complexity index is 1360. The van der Waals surface area contributed by atoms with Crippen molar-refractivity contribution >= 4 is 50.2 Å². The predicted octanol–water partition coefficient (Wildman–Crippen LogP) is 2.35. The number of hydrogen-bond acceptors (Lipinski definition) is 8. The van der Waals surface area contributed by atoms with Gasteiger partial charge in [0.2, 0.25) is 0 Å². The van der Waals surface area contributed by atoms with Gasteiger partial charge in [0.1, 0.15) is 16.2 Å². The lowest BCUT2D eigenvalue weighted by atomic mass is 9.78. The normalized spacial score (nSPS) is 21.5. The number of urea groups is 1. The summed E-state index contributed by atoms with van der Waals surface area (Å²) < 4.78 is 11.8. The molecule has 2 N–H and O–H groups in total. The fraction of sp³-hybridized carbons (Fsp3) is 0.586. The largest absolute Gasteiger partial charge is 0.495 e. The second-order valence-corrected chi connectivity index (χ2v) is 12.3. The third-order valence-corrected chi connectivity index (χ3v) is 10.1. The van der Waals surface area contributed by atoms with Crippen molar-refractivity contribution in [3.63, 3.8) is 0 Å². The molecular weight excluding hydrogens is 560 g/mol. The van der Waals surface area contributed by atoms with E-state index in [0.29, 0.717) is 75.2 Å². The van der Waals surface area contributed by atoms with Crippen LogP contribution in [0.4, 0.5) is 9.80 Å². The molecule has 0 bridgehead atoms. The molecule has 12 nitrogen and oxygen atoms in total. The van der Waals surface area contributed by atoms with Gasteiger partial charge < -0.3 is 19.7 Å². The van der Waals surface area contributed by atoms with E-state index in [4.69, 9.17) is 9.47 Å². The Labute approximate surface area is 248 Å². The van der Waals surface area contributed by atoms with E-state index < -0.39 is 5.41 Å². The van der Waals surface area contributed by atoms with Crippen molar-refractivity contribution in [2.24, 2.45) is 5.41 Å². The Morgan fingerprint density at radius 3 is 2.45 bits per heavy atom. The van der Waals surface area contributed by atoms with Crippen LogP contribution >= 0.6 is 11.3 Å². The maximum Gasteiger partial charge on any atom is 0.319 e. The number of hydrazine groups is 1. The zero-order chi connectivity index (χ0) is 29.4. The van der Waals surface area contributed by atoms with Gasteiger partial charge in [0.25, 0.3) is 17.7 Å². The molecule has 6 rings (SSSR count). The second-order valence-electron chi connectivity index (χ2n) is 11.3. The monoisotopic (exact) mass is 598 g/mol. The van der Waals surface area contributed by atoms with Crippen molar-refractivity contribution in [2.45, 2.75) is 38.6 Å². The number of piperidine rings is 2. The van der Waals surface area contributed by atoms with Crippen molar-refractivity contribution in [2.75, 3.05) is 71.5 Å². The number of likely N-dealkylation sites (tertiary alicyclic amines) is 2. The first kappa shape index (κ1) is 28.7. The number of carbonyl (C=O) groups is 4. The average molecular weight is 599 g/mol. The van der Waals surface area contributed by atoms with Crippen LogP contribution in [0, 0.1) is 5.41 Å². The number of nitrogens with zero attached hydrogens (tertiary/aromatic N) is 4. The van der Waals surface area contributed by atoms with E-state index >= 15 is 0 Å². The van der Waals surface area contributed by atoms with Crippen LogP contribution in [0.3, 0.4) is 0 Å². The summed E-state index contributed by atoms with van der Waals surface area (Å²) in [7, 11) is 1.59. The average Bonchev–Trinajstić information content (AvgIpc) is 3.30. The summed E-state index contributed by atoms with van der Waals surface area (Å²) in [6.07, 6.45) is 2.85. The number of anilines is 1. The first-order chi connectivity index (χ1) is 20.4. The molecule has 0 saturated carbocycles. The fourth-order valence-corrected chi connectivity index (χ4v) is 8.04. The van der Waals surface area contributed by atoms with Gasteiger partial charge in [-0.3, -0.25) is 24.6 Å². The Balaban J connectivity index is 1.17. The molecule has 42 heavy (non-hydrogen) atoms. The minimum absolute atomic E-state index is 0.0952. The van der Waals surface area contributed by atoms with Gasteiger partial charge in [0.05, 0.1) is 43.7 Å². The lowest BCUT2D eigenvalue weighted by molar-refractivity contribution is -0.145. The molecule has 1 spiro atoms. The minimum Gasteiger partial charge on any atom is -0.495 e. The summed E-state index contributed by atoms with van der Waals surface area (Å²) in [6, 6.07) is 5.40. The van der Waals surface area contributed by atoms with Gasteiger partial charge in [0.15, 0.2) is 0 Å². The van der Waals surface area contributed by atoms with E-state index in [9.17, 15) is 19.2 Å². The molecule has 0 unspecified atom stereocenters. The van der Waals surface area contributed by atoms with E-state index in [2.05, 4.69) is 15.5 Å². The molecular formula is C29H38N6O6S. The standard InChI is InChI=1S/C29H38N6O6S/c1-3-30-28(39)31-24-22(20-6-4-7-21(40-2)23(20)42-24)25(36)32-12-8-19(9-13-32)33-11-5-10-29(18-33)26(37)34-14-16-41-17-15-35(34)27(29)38/h4,6-7,19H,3,5,8-18H2,1-2H3,(H2,30,31,39). The van der Waals surface area contributed by atoms with Crippen LogP contribution in [0.25, 0.3) is 10.1 Å². The minimum atomic E-state index is -1.02. The fourth-order valence-electron chi connectivity index (χ4n) is 6.86. The van der Waals surface area contributed by atoms with Crippen molar-refractivity contribution in [3.8, 4) is 5.75 Å². The zero-order valence-corrected chi connectivity index (χ0v) is 25.0. The Hall–Kier alpha value is -3.42. The topological polar surface area (TPSA) is 124 Å². The van der Waals surface area contributed by atoms with Gasteiger partial charge in [-0.05, 0) is 45.2 Å². The quantitative estimate of drug-likeness (QED) is 0.507. The molecule has 4 saturated heterocycles. The number of methoxy groups -OCH3 is 1. The van der Waals surface area contributed by atoms with Crippen molar-refractivity contribution in [3.05, 3.63) is 23.8 Å². The lowest BCUT2D eigenvalue weighted by Crippen LogP contribution is -2.56. The summed E-state index contributed by atoms with van der Waals surface area (Å²) in [6.45, 7) is 6.36. The van der Waals surface area contributed by atoms with Gasteiger partial charge in [-0.25, -0.2) is 14.8 Å². The van der Waals surface area contributed by atoms with E-state index in [1.807, 2.05) is 30.0 Å². The summed E-state index contributed by atoms with van der Waals surface area (Å²) >= 11 is 1.33. The Kier molecular flexibility index (Phi) is 7.99. The summed E-state index contributed by atoms with van der Waals surface area (Å²) in [4.78, 5) is 57.7. The van der Waals surface area contributed by atoms with Crippen LogP contribution < -0.4 is 15.4 Å². The molecule has 0 aliphatic carbocycles. The number of fused-ring (bicyclic) bond motifs is 2. The molecule has 1 aromatic carbocycles. The summed E-state index contributed by atoms with van der Waals surface area (Å²) in [5, 5.41) is 10.1. The number of amides is 5. The first-order valence-electron chi connectivity index (χ1n) is 14.8. The predicted molar refractivity (Wildman–Crippen MR) is 157 cm³/mol. The molecule has 0 radical (unpaired) electrons. The van der Waals surface area contributed by atoms with Crippen molar-refractivity contribution in [1.82, 2.24) is 25.1 Å². The molecule has 0 atom stereocenters. The molecule has 5 heterocycles. The SMILES string of the molecule is CCNC(=O)Nc1sc2c(OC)cccc2c1C(=O)N1CCC(N2CCCC3(C2)C(=O)N2CCOCCN2C3=O)CC1. The zero-order valence-electron chi connectivity index (χ0n) is 24.1. The lowest BCUT2D eigenvalue weighted by Gasteiger charge is -2.44. The Morgan fingerprint density at radius 2 is 1.79 bits per heavy atom. The van der Waals surface area contributed by atoms with Crippen LogP contribution in [0.5, 0.6) is 5.75 Å². The molecule has 226 valence electrons. The van der Waals surface area contributed by atoms with Crippen LogP contribution in [-0.4, -0.2) is 116 Å².